The number of hydrogen-bond acceptors (Lipinski definition) is 5. The molecule has 8 heteroatoms. The Bertz CT molecular complexity index is 1160. The fourth-order valence-corrected chi connectivity index (χ4v) is 4.22. The van der Waals surface area contributed by atoms with Crippen molar-refractivity contribution in [2.75, 3.05) is 0 Å². The van der Waals surface area contributed by atoms with E-state index in [0.29, 0.717) is 46.1 Å². The Morgan fingerprint density at radius 1 is 1.06 bits per heavy atom. The van der Waals surface area contributed by atoms with Crippen molar-refractivity contribution in [1.29, 1.82) is 5.26 Å². The predicted molar refractivity (Wildman–Crippen MR) is 118 cm³/mol. The van der Waals surface area contributed by atoms with Crippen LogP contribution in [0.5, 0.6) is 0 Å². The number of Topliss-reactive ketones (excluding diaryl/α,β-unsaturated/α-hetero) is 1. The normalized spacial score (nSPS) is 18.5. The molecule has 2 aromatic carbocycles. The SMILES string of the molecule is N#CC1=C(N)N(NC(=O)c2ccc(Cl)cc2)C2=C(C(=O)CCC2)C1c1ccc(Cl)cc1. The van der Waals surface area contributed by atoms with E-state index >= 15 is 0 Å². The summed E-state index contributed by atoms with van der Waals surface area (Å²) in [4.78, 5) is 25.8. The van der Waals surface area contributed by atoms with Crippen LogP contribution in [0.25, 0.3) is 0 Å². The maximum atomic E-state index is 13.0. The number of nitrogens with one attached hydrogen (secondary N) is 1. The van der Waals surface area contributed by atoms with Crippen LogP contribution < -0.4 is 11.2 Å². The second-order valence-electron chi connectivity index (χ2n) is 7.32. The first-order chi connectivity index (χ1) is 14.9. The molecule has 1 atom stereocenters. The first-order valence-corrected chi connectivity index (χ1v) is 10.4. The highest BCUT2D eigenvalue weighted by Gasteiger charge is 2.40. The van der Waals surface area contributed by atoms with E-state index in [9.17, 15) is 14.9 Å². The van der Waals surface area contributed by atoms with Gasteiger partial charge in [0.2, 0.25) is 0 Å². The lowest BCUT2D eigenvalue weighted by Crippen LogP contribution is -2.48. The van der Waals surface area contributed by atoms with E-state index in [4.69, 9.17) is 28.9 Å². The van der Waals surface area contributed by atoms with Crippen LogP contribution in [-0.2, 0) is 4.79 Å². The lowest BCUT2D eigenvalue weighted by molar-refractivity contribution is -0.116. The molecule has 1 unspecified atom stereocenters. The lowest BCUT2D eigenvalue weighted by Gasteiger charge is -2.39. The van der Waals surface area contributed by atoms with Crippen molar-refractivity contribution in [2.24, 2.45) is 5.73 Å². The molecule has 2 aromatic rings. The standard InChI is InChI=1S/C23H18Cl2N4O2/c24-15-8-4-13(5-9-15)20-17(12-26)22(27)29(18-2-1-3-19(30)21(18)20)28-23(31)14-6-10-16(25)11-7-14/h4-11,20H,1-3,27H2,(H,28,31). The highest BCUT2D eigenvalue weighted by molar-refractivity contribution is 6.30. The Hall–Kier alpha value is -3.27. The minimum absolute atomic E-state index is 0.0628. The van der Waals surface area contributed by atoms with Crippen LogP contribution in [0.2, 0.25) is 10.0 Å². The number of carbonyl (C=O) groups excluding carboxylic acids is 2. The summed E-state index contributed by atoms with van der Waals surface area (Å²) in [5.41, 5.74) is 11.5. The molecule has 2 aliphatic rings. The van der Waals surface area contributed by atoms with Crippen LogP contribution in [-0.4, -0.2) is 16.7 Å². The molecule has 1 amide bonds. The third-order valence-corrected chi connectivity index (χ3v) is 5.94. The number of carbonyl (C=O) groups is 2. The zero-order chi connectivity index (χ0) is 22.1. The molecule has 0 fully saturated rings. The number of nitrogens with zero attached hydrogens (tertiary/aromatic N) is 2. The third kappa shape index (κ3) is 3.90. The largest absolute Gasteiger partial charge is 0.383 e. The molecule has 1 aliphatic heterocycles. The molecule has 31 heavy (non-hydrogen) atoms. The average Bonchev–Trinajstić information content (AvgIpc) is 2.76. The molecule has 0 radical (unpaired) electrons. The van der Waals surface area contributed by atoms with Gasteiger partial charge in [-0.3, -0.25) is 15.0 Å². The fraction of sp³-hybridized carbons (Fsp3) is 0.174. The second-order valence-corrected chi connectivity index (χ2v) is 8.19. The average molecular weight is 453 g/mol. The number of amides is 1. The number of hydrogen-bond donors (Lipinski definition) is 2. The molecule has 156 valence electrons. The summed E-state index contributed by atoms with van der Waals surface area (Å²) in [6.07, 6.45) is 1.56. The molecule has 3 N–H and O–H groups in total. The van der Waals surface area contributed by atoms with Gasteiger partial charge in [0.05, 0.1) is 17.6 Å². The van der Waals surface area contributed by atoms with Gasteiger partial charge in [-0.15, -0.1) is 0 Å². The Morgan fingerprint density at radius 2 is 1.68 bits per heavy atom. The minimum Gasteiger partial charge on any atom is -0.383 e. The summed E-state index contributed by atoms with van der Waals surface area (Å²) < 4.78 is 0. The highest BCUT2D eigenvalue weighted by Crippen LogP contribution is 2.44. The van der Waals surface area contributed by atoms with Crippen molar-refractivity contribution in [3.63, 3.8) is 0 Å². The van der Waals surface area contributed by atoms with Crippen molar-refractivity contribution >= 4 is 34.9 Å². The van der Waals surface area contributed by atoms with Crippen molar-refractivity contribution in [3.05, 3.63) is 92.4 Å². The van der Waals surface area contributed by atoms with E-state index in [-0.39, 0.29) is 17.2 Å². The summed E-state index contributed by atoms with van der Waals surface area (Å²) in [7, 11) is 0. The topological polar surface area (TPSA) is 99.2 Å². The van der Waals surface area contributed by atoms with Crippen LogP contribution in [0.3, 0.4) is 0 Å². The summed E-state index contributed by atoms with van der Waals surface area (Å²) in [6, 6.07) is 15.5. The van der Waals surface area contributed by atoms with Gasteiger partial charge in [-0.2, -0.15) is 5.26 Å². The summed E-state index contributed by atoms with van der Waals surface area (Å²) in [6.45, 7) is 0. The van der Waals surface area contributed by atoms with E-state index in [2.05, 4.69) is 11.5 Å². The van der Waals surface area contributed by atoms with Crippen molar-refractivity contribution in [2.45, 2.75) is 25.2 Å². The van der Waals surface area contributed by atoms with E-state index in [1.54, 1.807) is 48.5 Å². The lowest BCUT2D eigenvalue weighted by atomic mass is 9.76. The molecule has 1 aliphatic carbocycles. The second kappa shape index (κ2) is 8.46. The zero-order valence-corrected chi connectivity index (χ0v) is 17.9. The number of benzene rings is 2. The maximum Gasteiger partial charge on any atom is 0.270 e. The van der Waals surface area contributed by atoms with Crippen molar-refractivity contribution in [3.8, 4) is 6.07 Å². The molecule has 0 aromatic heterocycles. The summed E-state index contributed by atoms with van der Waals surface area (Å²) in [5.74, 6) is -0.995. The van der Waals surface area contributed by atoms with Crippen LogP contribution in [0.4, 0.5) is 0 Å². The molecular weight excluding hydrogens is 435 g/mol. The Kier molecular flexibility index (Phi) is 5.73. The van der Waals surface area contributed by atoms with Crippen LogP contribution in [0, 0.1) is 11.3 Å². The van der Waals surface area contributed by atoms with Gasteiger partial charge in [0.25, 0.3) is 5.91 Å². The van der Waals surface area contributed by atoms with Gasteiger partial charge in [-0.25, -0.2) is 5.01 Å². The van der Waals surface area contributed by atoms with Crippen molar-refractivity contribution < 1.29 is 9.59 Å². The Balaban J connectivity index is 1.79. The molecule has 0 bridgehead atoms. The van der Waals surface area contributed by atoms with Gasteiger partial charge in [0.15, 0.2) is 5.78 Å². The van der Waals surface area contributed by atoms with E-state index in [1.807, 2.05) is 0 Å². The Morgan fingerprint density at radius 3 is 2.29 bits per heavy atom. The summed E-state index contributed by atoms with van der Waals surface area (Å²) >= 11 is 11.9. The molecule has 0 saturated carbocycles. The molecule has 0 saturated heterocycles. The summed E-state index contributed by atoms with van der Waals surface area (Å²) in [5, 5.41) is 12.4. The number of halogens is 2. The first kappa shape index (κ1) is 21.0. The zero-order valence-electron chi connectivity index (χ0n) is 16.4. The minimum atomic E-state index is -0.603. The fourth-order valence-electron chi connectivity index (χ4n) is 3.97. The van der Waals surface area contributed by atoms with Gasteiger partial charge in [0.1, 0.15) is 5.82 Å². The Labute approximate surface area is 189 Å². The van der Waals surface area contributed by atoms with E-state index in [1.165, 1.54) is 5.01 Å². The molecule has 4 rings (SSSR count). The number of rotatable bonds is 3. The smallest absolute Gasteiger partial charge is 0.270 e. The molecule has 0 spiro atoms. The maximum absolute atomic E-state index is 13.0. The highest BCUT2D eigenvalue weighted by atomic mass is 35.5. The number of hydrazine groups is 1. The van der Waals surface area contributed by atoms with Gasteiger partial charge in [0, 0.05) is 33.3 Å². The van der Waals surface area contributed by atoms with Gasteiger partial charge in [-0.05, 0) is 54.8 Å². The monoisotopic (exact) mass is 452 g/mol. The molecule has 6 nitrogen and oxygen atoms in total. The van der Waals surface area contributed by atoms with Gasteiger partial charge in [-0.1, -0.05) is 35.3 Å². The number of ketones is 1. The van der Waals surface area contributed by atoms with Gasteiger partial charge >= 0.3 is 0 Å². The van der Waals surface area contributed by atoms with Crippen LogP contribution in [0.1, 0.15) is 41.1 Å². The number of nitriles is 1. The molecule has 1 heterocycles. The predicted octanol–water partition coefficient (Wildman–Crippen LogP) is 4.44. The van der Waals surface area contributed by atoms with Crippen LogP contribution in [0.15, 0.2) is 71.2 Å². The molecular formula is C23H18Cl2N4O2. The van der Waals surface area contributed by atoms with Crippen molar-refractivity contribution in [1.82, 2.24) is 10.4 Å². The van der Waals surface area contributed by atoms with Gasteiger partial charge < -0.3 is 5.73 Å². The van der Waals surface area contributed by atoms with Crippen LogP contribution >= 0.6 is 23.2 Å². The van der Waals surface area contributed by atoms with E-state index < -0.39 is 11.8 Å². The number of allylic oxidation sites excluding steroid dienone is 3. The quantitative estimate of drug-likeness (QED) is 0.716. The number of nitrogens with two attached hydrogens (primary N) is 1. The third-order valence-electron chi connectivity index (χ3n) is 5.44. The van der Waals surface area contributed by atoms with E-state index in [0.717, 1.165) is 5.56 Å². The first-order valence-electron chi connectivity index (χ1n) is 9.69.